The van der Waals surface area contributed by atoms with Crippen LogP contribution in [-0.4, -0.2) is 11.6 Å². The number of hydrogen-bond donors (Lipinski definition) is 2. The zero-order chi connectivity index (χ0) is 8.72. The van der Waals surface area contributed by atoms with Crippen molar-refractivity contribution in [1.29, 1.82) is 0 Å². The van der Waals surface area contributed by atoms with Crippen LogP contribution in [0.5, 0.6) is 0 Å². The van der Waals surface area contributed by atoms with Crippen molar-refractivity contribution in [3.8, 4) is 0 Å². The summed E-state index contributed by atoms with van der Waals surface area (Å²) in [5.74, 6) is -0.633. The summed E-state index contributed by atoms with van der Waals surface area (Å²) in [5.41, 5.74) is 8.96. The lowest BCUT2D eigenvalue weighted by Crippen LogP contribution is -2.29. The van der Waals surface area contributed by atoms with Crippen molar-refractivity contribution >= 4 is 23.2 Å². The monoisotopic (exact) mass is 183 g/mol. The molecule has 12 heavy (non-hydrogen) atoms. The van der Waals surface area contributed by atoms with Crippen molar-refractivity contribution in [2.45, 2.75) is 0 Å². The highest BCUT2D eigenvalue weighted by Gasteiger charge is 2.33. The van der Waals surface area contributed by atoms with Gasteiger partial charge in [-0.2, -0.15) is 5.10 Å². The summed E-state index contributed by atoms with van der Waals surface area (Å²) < 4.78 is 0. The molecule has 0 saturated heterocycles. The number of nitrogens with zero attached hydrogens (tertiary/aromatic N) is 1. The van der Waals surface area contributed by atoms with Gasteiger partial charge in [0.1, 0.15) is 5.92 Å². The molecule has 0 aromatic carbocycles. The van der Waals surface area contributed by atoms with E-state index in [-0.39, 0.29) is 5.91 Å². The molecular formula is C7H6ClN3O. The number of hydrogen-bond acceptors (Lipinski definition) is 3. The molecule has 5 heteroatoms. The van der Waals surface area contributed by atoms with E-state index in [2.05, 4.69) is 10.5 Å². The van der Waals surface area contributed by atoms with Crippen LogP contribution < -0.4 is 11.2 Å². The highest BCUT2D eigenvalue weighted by atomic mass is 35.5. The molecule has 0 bridgehead atoms. The van der Waals surface area contributed by atoms with Crippen molar-refractivity contribution in [2.24, 2.45) is 16.8 Å². The van der Waals surface area contributed by atoms with Crippen LogP contribution in [0, 0.1) is 5.92 Å². The third-order valence-electron chi connectivity index (χ3n) is 1.78. The van der Waals surface area contributed by atoms with Gasteiger partial charge in [-0.25, -0.2) is 5.43 Å². The molecule has 0 radical (unpaired) electrons. The Hall–Kier alpha value is -1.29. The molecule has 1 unspecified atom stereocenters. The van der Waals surface area contributed by atoms with Crippen molar-refractivity contribution in [1.82, 2.24) is 5.43 Å². The molecule has 4 nitrogen and oxygen atoms in total. The lowest BCUT2D eigenvalue weighted by atomic mass is 9.95. The minimum absolute atomic E-state index is 0.195. The van der Waals surface area contributed by atoms with Crippen LogP contribution in [0.25, 0.3) is 0 Å². The fourth-order valence-corrected chi connectivity index (χ4v) is 1.48. The van der Waals surface area contributed by atoms with Gasteiger partial charge in [0.05, 0.1) is 5.71 Å². The topological polar surface area (TPSA) is 67.5 Å². The van der Waals surface area contributed by atoms with Crippen LogP contribution in [0.2, 0.25) is 0 Å². The number of nitrogens with two attached hydrogens (primary N) is 1. The molecular weight excluding hydrogens is 178 g/mol. The molecule has 0 saturated carbocycles. The van der Waals surface area contributed by atoms with Gasteiger partial charge in [-0.15, -0.1) is 0 Å². The van der Waals surface area contributed by atoms with E-state index in [0.29, 0.717) is 16.4 Å². The van der Waals surface area contributed by atoms with Crippen LogP contribution >= 0.6 is 11.6 Å². The average Bonchev–Trinajstić information content (AvgIpc) is 2.31. The smallest absolute Gasteiger partial charge is 0.255 e. The molecule has 0 aromatic heterocycles. The standard InChI is InChI=1S/C7H6ClN3O/c8-3-1-4(9)6-5(2-3)10-11-7(6)12/h1-2,6H,9H2,(H,11,12). The predicted octanol–water partition coefficient (Wildman–Crippen LogP) is 0.0673. The first-order valence-electron chi connectivity index (χ1n) is 3.40. The molecule has 2 aliphatic rings. The Morgan fingerprint density at radius 3 is 3.08 bits per heavy atom. The lowest BCUT2D eigenvalue weighted by Gasteiger charge is -2.12. The number of nitrogens with one attached hydrogen (secondary N) is 1. The minimum atomic E-state index is -0.438. The van der Waals surface area contributed by atoms with Gasteiger partial charge >= 0.3 is 0 Å². The summed E-state index contributed by atoms with van der Waals surface area (Å²) >= 11 is 5.71. The third kappa shape index (κ3) is 0.921. The molecule has 0 spiro atoms. The summed E-state index contributed by atoms with van der Waals surface area (Å²) in [6, 6.07) is 0. The Morgan fingerprint density at radius 2 is 2.33 bits per heavy atom. The van der Waals surface area contributed by atoms with Crippen LogP contribution in [-0.2, 0) is 4.79 Å². The third-order valence-corrected chi connectivity index (χ3v) is 2.00. The SMILES string of the molecule is NC1=CC(Cl)=CC2=NNC(=O)C12. The van der Waals surface area contributed by atoms with Crippen molar-refractivity contribution in [3.63, 3.8) is 0 Å². The molecule has 0 aromatic rings. The summed E-state index contributed by atoms with van der Waals surface area (Å²) in [5, 5.41) is 4.27. The van der Waals surface area contributed by atoms with E-state index in [1.165, 1.54) is 0 Å². The molecule has 2 rings (SSSR count). The van der Waals surface area contributed by atoms with E-state index in [4.69, 9.17) is 17.3 Å². The highest BCUT2D eigenvalue weighted by molar-refractivity contribution is 6.34. The van der Waals surface area contributed by atoms with Gasteiger partial charge in [0.25, 0.3) is 5.91 Å². The van der Waals surface area contributed by atoms with Gasteiger partial charge in [-0.3, -0.25) is 4.79 Å². The molecule has 1 aliphatic heterocycles. The van der Waals surface area contributed by atoms with E-state index in [1.807, 2.05) is 0 Å². The molecule has 3 N–H and O–H groups in total. The van der Waals surface area contributed by atoms with Crippen LogP contribution in [0.1, 0.15) is 0 Å². The van der Waals surface area contributed by atoms with E-state index in [0.717, 1.165) is 0 Å². The van der Waals surface area contributed by atoms with Crippen molar-refractivity contribution < 1.29 is 4.79 Å². The maximum absolute atomic E-state index is 11.1. The van der Waals surface area contributed by atoms with Crippen LogP contribution in [0.15, 0.2) is 28.0 Å². The first-order valence-corrected chi connectivity index (χ1v) is 3.78. The summed E-state index contributed by atoms with van der Waals surface area (Å²) in [7, 11) is 0. The van der Waals surface area contributed by atoms with Gasteiger partial charge in [-0.1, -0.05) is 11.6 Å². The van der Waals surface area contributed by atoms with E-state index >= 15 is 0 Å². The Morgan fingerprint density at radius 1 is 1.58 bits per heavy atom. The number of rotatable bonds is 0. The van der Waals surface area contributed by atoms with Gasteiger partial charge in [0, 0.05) is 10.7 Å². The summed E-state index contributed by atoms with van der Waals surface area (Å²) in [4.78, 5) is 11.1. The fraction of sp³-hybridized carbons (Fsp3) is 0.143. The van der Waals surface area contributed by atoms with Crippen LogP contribution in [0.4, 0.5) is 0 Å². The first kappa shape index (κ1) is 7.36. The fourth-order valence-electron chi connectivity index (χ4n) is 1.25. The molecule has 62 valence electrons. The summed E-state index contributed by atoms with van der Waals surface area (Å²) in [6.45, 7) is 0. The number of carbonyl (C=O) groups is 1. The maximum atomic E-state index is 11.1. The van der Waals surface area contributed by atoms with Gasteiger partial charge in [-0.05, 0) is 12.2 Å². The molecule has 0 fully saturated rings. The van der Waals surface area contributed by atoms with Crippen molar-refractivity contribution in [2.75, 3.05) is 0 Å². The summed E-state index contributed by atoms with van der Waals surface area (Å²) in [6.07, 6.45) is 3.19. The molecule has 1 heterocycles. The highest BCUT2D eigenvalue weighted by Crippen LogP contribution is 2.23. The second kappa shape index (κ2) is 2.35. The zero-order valence-electron chi connectivity index (χ0n) is 6.04. The number of fused-ring (bicyclic) bond motifs is 1. The lowest BCUT2D eigenvalue weighted by molar-refractivity contribution is -0.121. The quantitative estimate of drug-likeness (QED) is 0.558. The van der Waals surface area contributed by atoms with Crippen LogP contribution in [0.3, 0.4) is 0 Å². The zero-order valence-corrected chi connectivity index (χ0v) is 6.80. The number of halogens is 1. The van der Waals surface area contributed by atoms with E-state index in [1.54, 1.807) is 12.2 Å². The predicted molar refractivity (Wildman–Crippen MR) is 45.3 cm³/mol. The van der Waals surface area contributed by atoms with E-state index in [9.17, 15) is 4.79 Å². The number of amides is 1. The Balaban J connectivity index is 2.46. The molecule has 1 amide bonds. The first-order chi connectivity index (χ1) is 5.68. The van der Waals surface area contributed by atoms with Crippen molar-refractivity contribution in [3.05, 3.63) is 22.9 Å². The Bertz CT molecular complexity index is 343. The number of allylic oxidation sites excluding steroid dienone is 3. The largest absolute Gasteiger partial charge is 0.401 e. The van der Waals surface area contributed by atoms with Gasteiger partial charge < -0.3 is 5.73 Å². The Kier molecular flexibility index (Phi) is 1.44. The Labute approximate surface area is 73.8 Å². The van der Waals surface area contributed by atoms with Gasteiger partial charge in [0.2, 0.25) is 0 Å². The number of carbonyl (C=O) groups excluding carboxylic acids is 1. The van der Waals surface area contributed by atoms with E-state index < -0.39 is 5.92 Å². The molecule has 1 atom stereocenters. The number of hydrazone groups is 1. The normalized spacial score (nSPS) is 26.9. The maximum Gasteiger partial charge on any atom is 0.255 e. The minimum Gasteiger partial charge on any atom is -0.401 e. The van der Waals surface area contributed by atoms with Gasteiger partial charge in [0.15, 0.2) is 0 Å². The average molecular weight is 184 g/mol. The molecule has 1 aliphatic carbocycles. The second-order valence-electron chi connectivity index (χ2n) is 2.62. The second-order valence-corrected chi connectivity index (χ2v) is 3.06.